The molecule has 7 nitrogen and oxygen atoms in total. The van der Waals surface area contributed by atoms with Crippen LogP contribution in [0.5, 0.6) is 0 Å². The Kier molecular flexibility index (Phi) is 23.3. The second kappa shape index (κ2) is 23.6. The summed E-state index contributed by atoms with van der Waals surface area (Å²) in [4.78, 5) is 1.72. The van der Waals surface area contributed by atoms with Crippen molar-refractivity contribution in [2.75, 3.05) is 46.1 Å². The van der Waals surface area contributed by atoms with Gasteiger partial charge in [0, 0.05) is 19.6 Å². The van der Waals surface area contributed by atoms with E-state index in [0.29, 0.717) is 26.1 Å². The van der Waals surface area contributed by atoms with Crippen LogP contribution in [0.2, 0.25) is 0 Å². The van der Waals surface area contributed by atoms with Crippen LogP contribution in [0.1, 0.15) is 96.8 Å². The fourth-order valence-electron chi connectivity index (χ4n) is 3.43. The monoisotopic (exact) mass is 479 g/mol. The average molecular weight is 480 g/mol. The Morgan fingerprint density at radius 3 is 1.66 bits per heavy atom. The Labute approximate surface area is 197 Å². The van der Waals surface area contributed by atoms with E-state index in [0.717, 1.165) is 19.3 Å². The standard InChI is InChI=1S/C24H49NO6S/c1-2-3-4-5-6-7-8-9-10-11-12-13-14-15-16-17-23-30-32(28,29)31-24-20-25(18-21-26)19-22-27/h9-10,26-27H,2-8,11-24H2,1H3/b10-9-. The van der Waals surface area contributed by atoms with Gasteiger partial charge in [-0.1, -0.05) is 76.9 Å². The van der Waals surface area contributed by atoms with E-state index in [1.54, 1.807) is 4.90 Å². The van der Waals surface area contributed by atoms with Crippen molar-refractivity contribution in [2.24, 2.45) is 0 Å². The fourth-order valence-corrected chi connectivity index (χ4v) is 4.10. The van der Waals surface area contributed by atoms with Crippen LogP contribution in [-0.4, -0.2) is 69.6 Å². The molecule has 0 amide bonds. The van der Waals surface area contributed by atoms with Crippen LogP contribution in [-0.2, 0) is 18.8 Å². The van der Waals surface area contributed by atoms with Crippen LogP contribution in [0.3, 0.4) is 0 Å². The number of aliphatic hydroxyl groups is 2. The van der Waals surface area contributed by atoms with E-state index in [9.17, 15) is 8.42 Å². The summed E-state index contributed by atoms with van der Waals surface area (Å²) in [6.45, 7) is 3.24. The molecule has 0 bridgehead atoms. The second-order valence-corrected chi connectivity index (χ2v) is 9.57. The lowest BCUT2D eigenvalue weighted by atomic mass is 10.1. The van der Waals surface area contributed by atoms with Gasteiger partial charge >= 0.3 is 10.4 Å². The van der Waals surface area contributed by atoms with Crippen LogP contribution in [0.25, 0.3) is 0 Å². The van der Waals surface area contributed by atoms with Gasteiger partial charge < -0.3 is 10.2 Å². The van der Waals surface area contributed by atoms with Crippen molar-refractivity contribution in [3.63, 3.8) is 0 Å². The number of hydrogen-bond donors (Lipinski definition) is 2. The van der Waals surface area contributed by atoms with Gasteiger partial charge in [0.1, 0.15) is 0 Å². The topological polar surface area (TPSA) is 96.3 Å². The van der Waals surface area contributed by atoms with E-state index < -0.39 is 10.4 Å². The number of nitrogens with zero attached hydrogens (tertiary/aromatic N) is 1. The number of rotatable bonds is 25. The SMILES string of the molecule is CCCCCCCC/C=C\CCCCCCCCOS(=O)(=O)OCCN(CCO)CCO. The number of hydrogen-bond acceptors (Lipinski definition) is 7. The summed E-state index contributed by atoms with van der Waals surface area (Å²) >= 11 is 0. The highest BCUT2D eigenvalue weighted by Gasteiger charge is 2.13. The Morgan fingerprint density at radius 2 is 1.12 bits per heavy atom. The van der Waals surface area contributed by atoms with Gasteiger partial charge in [-0.15, -0.1) is 0 Å². The second-order valence-electron chi connectivity index (χ2n) is 8.28. The number of aliphatic hydroxyl groups excluding tert-OH is 2. The molecule has 0 aliphatic rings. The van der Waals surface area contributed by atoms with Gasteiger partial charge in [-0.25, -0.2) is 8.37 Å². The minimum Gasteiger partial charge on any atom is -0.395 e. The van der Waals surface area contributed by atoms with Crippen molar-refractivity contribution in [1.82, 2.24) is 4.90 Å². The third-order valence-electron chi connectivity index (χ3n) is 5.35. The molecule has 0 aromatic carbocycles. The van der Waals surface area contributed by atoms with Crippen LogP contribution in [0.4, 0.5) is 0 Å². The predicted molar refractivity (Wildman–Crippen MR) is 131 cm³/mol. The largest absolute Gasteiger partial charge is 0.399 e. The smallest absolute Gasteiger partial charge is 0.395 e. The maximum atomic E-state index is 11.7. The predicted octanol–water partition coefficient (Wildman–Crippen LogP) is 4.59. The molecule has 0 saturated carbocycles. The van der Waals surface area contributed by atoms with Gasteiger partial charge in [0.05, 0.1) is 26.4 Å². The van der Waals surface area contributed by atoms with E-state index in [-0.39, 0.29) is 26.4 Å². The van der Waals surface area contributed by atoms with Gasteiger partial charge in [0.25, 0.3) is 0 Å². The average Bonchev–Trinajstić information content (AvgIpc) is 2.76. The van der Waals surface area contributed by atoms with E-state index in [2.05, 4.69) is 19.1 Å². The zero-order chi connectivity index (χ0) is 23.8. The molecule has 0 aromatic rings. The molecule has 0 saturated heterocycles. The van der Waals surface area contributed by atoms with Gasteiger partial charge in [0.15, 0.2) is 0 Å². The van der Waals surface area contributed by atoms with Crippen molar-refractivity contribution in [3.05, 3.63) is 12.2 Å². The molecule has 0 aliphatic heterocycles. The molecule has 0 unspecified atom stereocenters. The van der Waals surface area contributed by atoms with Crippen molar-refractivity contribution in [3.8, 4) is 0 Å². The lowest BCUT2D eigenvalue weighted by Gasteiger charge is -2.19. The van der Waals surface area contributed by atoms with Crippen LogP contribution in [0.15, 0.2) is 12.2 Å². The van der Waals surface area contributed by atoms with Crippen molar-refractivity contribution < 1.29 is 27.0 Å². The minimum absolute atomic E-state index is 0.0563. The number of unbranched alkanes of at least 4 members (excludes halogenated alkanes) is 12. The van der Waals surface area contributed by atoms with Crippen LogP contribution < -0.4 is 0 Å². The molecule has 0 radical (unpaired) electrons. The van der Waals surface area contributed by atoms with E-state index >= 15 is 0 Å². The first kappa shape index (κ1) is 31.5. The Balaban J connectivity index is 3.48. The molecular formula is C24H49NO6S. The Hall–Kier alpha value is -0.510. The molecule has 192 valence electrons. The molecular weight excluding hydrogens is 430 g/mol. The molecule has 0 atom stereocenters. The summed E-state index contributed by atoms with van der Waals surface area (Å²) in [6.07, 6.45) is 21.4. The third-order valence-corrected chi connectivity index (χ3v) is 6.26. The molecule has 0 heterocycles. The van der Waals surface area contributed by atoms with Gasteiger partial charge in [0.2, 0.25) is 0 Å². The van der Waals surface area contributed by atoms with Crippen molar-refractivity contribution in [1.29, 1.82) is 0 Å². The Bertz CT molecular complexity index is 507. The molecule has 0 spiro atoms. The summed E-state index contributed by atoms with van der Waals surface area (Å²) in [5.41, 5.74) is 0. The van der Waals surface area contributed by atoms with Crippen molar-refractivity contribution in [2.45, 2.75) is 96.8 Å². The van der Waals surface area contributed by atoms with Gasteiger partial charge in [-0.05, 0) is 32.1 Å². The zero-order valence-corrected chi connectivity index (χ0v) is 21.2. The molecule has 32 heavy (non-hydrogen) atoms. The minimum atomic E-state index is -3.99. The first-order chi connectivity index (χ1) is 15.6. The summed E-state index contributed by atoms with van der Waals surface area (Å²) in [6, 6.07) is 0. The van der Waals surface area contributed by atoms with E-state index in [1.807, 2.05) is 0 Å². The van der Waals surface area contributed by atoms with Crippen LogP contribution in [0, 0.1) is 0 Å². The Morgan fingerprint density at radius 1 is 0.656 bits per heavy atom. The van der Waals surface area contributed by atoms with Gasteiger partial charge in [-0.3, -0.25) is 4.90 Å². The summed E-state index contributed by atoms with van der Waals surface area (Å²) in [5, 5.41) is 17.9. The van der Waals surface area contributed by atoms with Gasteiger partial charge in [-0.2, -0.15) is 8.42 Å². The maximum Gasteiger partial charge on any atom is 0.399 e. The lowest BCUT2D eigenvalue weighted by molar-refractivity contribution is 0.134. The van der Waals surface area contributed by atoms with Crippen LogP contribution >= 0.6 is 0 Å². The summed E-state index contributed by atoms with van der Waals surface area (Å²) in [5.74, 6) is 0. The van der Waals surface area contributed by atoms with E-state index in [4.69, 9.17) is 18.6 Å². The molecule has 0 aliphatic carbocycles. The molecule has 8 heteroatoms. The maximum absolute atomic E-state index is 11.7. The quantitative estimate of drug-likeness (QED) is 0.146. The third kappa shape index (κ3) is 22.7. The lowest BCUT2D eigenvalue weighted by Crippen LogP contribution is -2.33. The van der Waals surface area contributed by atoms with Crippen molar-refractivity contribution >= 4 is 10.4 Å². The first-order valence-corrected chi connectivity index (χ1v) is 14.0. The highest BCUT2D eigenvalue weighted by molar-refractivity contribution is 7.81. The molecule has 0 fully saturated rings. The summed E-state index contributed by atoms with van der Waals surface area (Å²) in [7, 11) is -3.99. The van der Waals surface area contributed by atoms with E-state index in [1.165, 1.54) is 64.2 Å². The highest BCUT2D eigenvalue weighted by Crippen LogP contribution is 2.10. The summed E-state index contributed by atoms with van der Waals surface area (Å²) < 4.78 is 33.1. The zero-order valence-electron chi connectivity index (χ0n) is 20.4. The number of allylic oxidation sites excluding steroid dienone is 2. The normalized spacial score (nSPS) is 12.4. The fraction of sp³-hybridized carbons (Fsp3) is 0.917. The molecule has 0 aromatic heterocycles. The molecule has 0 rings (SSSR count). The molecule has 2 N–H and O–H groups in total. The first-order valence-electron chi connectivity index (χ1n) is 12.7. The highest BCUT2D eigenvalue weighted by atomic mass is 32.3.